The highest BCUT2D eigenvalue weighted by Gasteiger charge is 2.06. The van der Waals surface area contributed by atoms with Gasteiger partial charge in [-0.25, -0.2) is 0 Å². The Labute approximate surface area is 149 Å². The molecule has 0 unspecified atom stereocenters. The zero-order valence-corrected chi connectivity index (χ0v) is 15.1. The predicted octanol–water partition coefficient (Wildman–Crippen LogP) is 4.04. The summed E-state index contributed by atoms with van der Waals surface area (Å²) in [6.45, 7) is 7.95. The Hall–Kier alpha value is -1.84. The molecule has 0 aliphatic rings. The molecule has 4 heteroatoms. The quantitative estimate of drug-likeness (QED) is 0.783. The van der Waals surface area contributed by atoms with E-state index in [1.54, 1.807) is 6.07 Å². The number of hydrogen-bond donors (Lipinski definition) is 1. The van der Waals surface area contributed by atoms with Crippen LogP contribution in [0, 0.1) is 0 Å². The first kappa shape index (κ1) is 18.5. The van der Waals surface area contributed by atoms with Gasteiger partial charge in [-0.1, -0.05) is 67.9 Å². The van der Waals surface area contributed by atoms with Crippen LogP contribution in [0.5, 0.6) is 0 Å². The molecule has 0 saturated carbocycles. The molecule has 0 saturated heterocycles. The molecule has 0 aliphatic heterocycles. The highest BCUT2D eigenvalue weighted by molar-refractivity contribution is 6.31. The van der Waals surface area contributed by atoms with E-state index in [0.29, 0.717) is 18.0 Å². The molecule has 2 rings (SSSR count). The predicted molar refractivity (Wildman–Crippen MR) is 100 cm³/mol. The molecule has 2 aromatic rings. The molecule has 128 valence electrons. The van der Waals surface area contributed by atoms with Crippen molar-refractivity contribution in [2.24, 2.45) is 0 Å². The largest absolute Gasteiger partial charge is 0.352 e. The average Bonchev–Trinajstić information content (AvgIpc) is 2.61. The van der Waals surface area contributed by atoms with Gasteiger partial charge in [-0.2, -0.15) is 0 Å². The number of benzene rings is 2. The lowest BCUT2D eigenvalue weighted by molar-refractivity contribution is -0.120. The summed E-state index contributed by atoms with van der Waals surface area (Å²) < 4.78 is 0. The third-order valence-corrected chi connectivity index (χ3v) is 4.49. The number of nitrogens with zero attached hydrogens (tertiary/aromatic N) is 1. The fraction of sp³-hybridized carbons (Fsp3) is 0.350. The second kappa shape index (κ2) is 9.45. The second-order valence-electron chi connectivity index (χ2n) is 5.82. The number of hydrogen-bond acceptors (Lipinski definition) is 2. The Morgan fingerprint density at radius 3 is 2.25 bits per heavy atom. The number of carbonyl (C=O) groups is 1. The lowest BCUT2D eigenvalue weighted by Crippen LogP contribution is -2.24. The van der Waals surface area contributed by atoms with Crippen molar-refractivity contribution in [3.63, 3.8) is 0 Å². The van der Waals surface area contributed by atoms with Gasteiger partial charge in [0.2, 0.25) is 5.91 Å². The van der Waals surface area contributed by atoms with Crippen molar-refractivity contribution >= 4 is 17.5 Å². The molecule has 0 aromatic heterocycles. The van der Waals surface area contributed by atoms with E-state index in [4.69, 9.17) is 11.6 Å². The molecule has 0 fully saturated rings. The van der Waals surface area contributed by atoms with E-state index in [0.717, 1.165) is 30.8 Å². The van der Waals surface area contributed by atoms with Crippen LogP contribution in [-0.4, -0.2) is 23.9 Å². The molecular weight excluding hydrogens is 320 g/mol. The minimum atomic E-state index is -0.0182. The zero-order valence-electron chi connectivity index (χ0n) is 14.4. The minimum absolute atomic E-state index is 0.0182. The summed E-state index contributed by atoms with van der Waals surface area (Å²) in [4.78, 5) is 14.4. The van der Waals surface area contributed by atoms with Gasteiger partial charge in [0.25, 0.3) is 0 Å². The number of amides is 1. The van der Waals surface area contributed by atoms with Crippen molar-refractivity contribution in [2.75, 3.05) is 13.1 Å². The highest BCUT2D eigenvalue weighted by atomic mass is 35.5. The molecule has 1 amide bonds. The number of halogens is 1. The first-order valence-corrected chi connectivity index (χ1v) is 8.80. The van der Waals surface area contributed by atoms with Gasteiger partial charge in [-0.3, -0.25) is 9.69 Å². The van der Waals surface area contributed by atoms with Gasteiger partial charge in [0, 0.05) is 18.1 Å². The minimum Gasteiger partial charge on any atom is -0.352 e. The maximum Gasteiger partial charge on any atom is 0.224 e. The molecule has 0 spiro atoms. The summed E-state index contributed by atoms with van der Waals surface area (Å²) in [6.07, 6.45) is 0.305. The van der Waals surface area contributed by atoms with E-state index in [9.17, 15) is 4.79 Å². The van der Waals surface area contributed by atoms with Crippen LogP contribution >= 0.6 is 11.6 Å². The van der Waals surface area contributed by atoms with Crippen LogP contribution < -0.4 is 5.32 Å². The Morgan fingerprint density at radius 1 is 1.00 bits per heavy atom. The third-order valence-electron chi connectivity index (χ3n) is 4.12. The van der Waals surface area contributed by atoms with Gasteiger partial charge in [0.15, 0.2) is 0 Å². The van der Waals surface area contributed by atoms with Gasteiger partial charge in [-0.05, 0) is 35.8 Å². The van der Waals surface area contributed by atoms with Crippen LogP contribution in [0.4, 0.5) is 0 Å². The van der Waals surface area contributed by atoms with Gasteiger partial charge < -0.3 is 5.32 Å². The first-order valence-electron chi connectivity index (χ1n) is 8.42. The maximum atomic E-state index is 12.1. The summed E-state index contributed by atoms with van der Waals surface area (Å²) >= 11 is 6.08. The SMILES string of the molecule is CCN(CC)Cc1ccc(CNC(=O)Cc2ccccc2Cl)cc1. The van der Waals surface area contributed by atoms with Crippen molar-refractivity contribution in [3.8, 4) is 0 Å². The van der Waals surface area contributed by atoms with Gasteiger partial charge >= 0.3 is 0 Å². The van der Waals surface area contributed by atoms with E-state index < -0.39 is 0 Å². The van der Waals surface area contributed by atoms with Gasteiger partial charge in [0.1, 0.15) is 0 Å². The highest BCUT2D eigenvalue weighted by Crippen LogP contribution is 2.15. The zero-order chi connectivity index (χ0) is 17.4. The fourth-order valence-electron chi connectivity index (χ4n) is 2.55. The third kappa shape index (κ3) is 5.66. The molecule has 24 heavy (non-hydrogen) atoms. The van der Waals surface area contributed by atoms with E-state index in [2.05, 4.69) is 48.3 Å². The van der Waals surface area contributed by atoms with Crippen molar-refractivity contribution < 1.29 is 4.79 Å². The van der Waals surface area contributed by atoms with Crippen molar-refractivity contribution in [1.29, 1.82) is 0 Å². The van der Waals surface area contributed by atoms with E-state index in [1.807, 2.05) is 18.2 Å². The smallest absolute Gasteiger partial charge is 0.224 e. The summed E-state index contributed by atoms with van der Waals surface area (Å²) in [5.41, 5.74) is 3.25. The molecule has 1 N–H and O–H groups in total. The Bertz CT molecular complexity index is 651. The Balaban J connectivity index is 1.83. The lowest BCUT2D eigenvalue weighted by Gasteiger charge is -2.18. The Morgan fingerprint density at radius 2 is 1.62 bits per heavy atom. The molecular formula is C20H25ClN2O. The molecule has 2 aromatic carbocycles. The first-order chi connectivity index (χ1) is 11.6. The lowest BCUT2D eigenvalue weighted by atomic mass is 10.1. The molecule has 0 heterocycles. The summed E-state index contributed by atoms with van der Waals surface area (Å²) in [5.74, 6) is -0.0182. The van der Waals surface area contributed by atoms with E-state index >= 15 is 0 Å². The molecule has 0 radical (unpaired) electrons. The fourth-order valence-corrected chi connectivity index (χ4v) is 2.75. The van der Waals surface area contributed by atoms with Crippen molar-refractivity contribution in [3.05, 3.63) is 70.2 Å². The van der Waals surface area contributed by atoms with Crippen LogP contribution in [0.25, 0.3) is 0 Å². The van der Waals surface area contributed by atoms with Crippen molar-refractivity contribution in [1.82, 2.24) is 10.2 Å². The monoisotopic (exact) mass is 344 g/mol. The number of nitrogens with one attached hydrogen (secondary N) is 1. The Kier molecular flexibility index (Phi) is 7.29. The van der Waals surface area contributed by atoms with Gasteiger partial charge in [0.05, 0.1) is 6.42 Å². The van der Waals surface area contributed by atoms with Crippen LogP contribution in [-0.2, 0) is 24.3 Å². The van der Waals surface area contributed by atoms with Crippen LogP contribution in [0.15, 0.2) is 48.5 Å². The maximum absolute atomic E-state index is 12.1. The van der Waals surface area contributed by atoms with E-state index in [1.165, 1.54) is 5.56 Å². The summed E-state index contributed by atoms with van der Waals surface area (Å²) in [5, 5.41) is 3.58. The topological polar surface area (TPSA) is 32.3 Å². The van der Waals surface area contributed by atoms with Crippen LogP contribution in [0.3, 0.4) is 0 Å². The standard InChI is InChI=1S/C20H25ClN2O/c1-3-23(4-2)15-17-11-9-16(10-12-17)14-22-20(24)13-18-7-5-6-8-19(18)21/h5-12H,3-4,13-15H2,1-2H3,(H,22,24). The van der Waals surface area contributed by atoms with E-state index in [-0.39, 0.29) is 5.91 Å². The van der Waals surface area contributed by atoms with Gasteiger partial charge in [-0.15, -0.1) is 0 Å². The molecule has 0 aliphatic carbocycles. The molecule has 3 nitrogen and oxygen atoms in total. The molecule has 0 bridgehead atoms. The van der Waals surface area contributed by atoms with Crippen LogP contribution in [0.2, 0.25) is 5.02 Å². The normalized spacial score (nSPS) is 10.8. The summed E-state index contributed by atoms with van der Waals surface area (Å²) in [7, 11) is 0. The molecule has 0 atom stereocenters. The number of rotatable bonds is 8. The second-order valence-corrected chi connectivity index (χ2v) is 6.23. The van der Waals surface area contributed by atoms with Crippen LogP contribution in [0.1, 0.15) is 30.5 Å². The number of carbonyl (C=O) groups excluding carboxylic acids is 1. The average molecular weight is 345 g/mol. The summed E-state index contributed by atoms with van der Waals surface area (Å²) in [6, 6.07) is 15.9. The van der Waals surface area contributed by atoms with Crippen molar-refractivity contribution in [2.45, 2.75) is 33.4 Å².